The molecule has 0 aliphatic heterocycles. The molecular formula is C9H17N3O2S. The second-order valence-electron chi connectivity index (χ2n) is 3.34. The van der Waals surface area contributed by atoms with E-state index >= 15 is 0 Å². The van der Waals surface area contributed by atoms with E-state index in [4.69, 9.17) is 0 Å². The maximum absolute atomic E-state index is 11.3. The zero-order chi connectivity index (χ0) is 11.3. The molecule has 0 saturated heterocycles. The van der Waals surface area contributed by atoms with Crippen LogP contribution in [0.3, 0.4) is 0 Å². The summed E-state index contributed by atoms with van der Waals surface area (Å²) >= 11 is 1.41. The van der Waals surface area contributed by atoms with Gasteiger partial charge in [-0.05, 0) is 12.8 Å². The molecule has 1 rings (SSSR count). The predicted octanol–water partition coefficient (Wildman–Crippen LogP) is 0.844. The monoisotopic (exact) mass is 231 g/mol. The van der Waals surface area contributed by atoms with Gasteiger partial charge in [-0.15, -0.1) is 5.10 Å². The third-order valence-corrected chi connectivity index (χ3v) is 3.17. The van der Waals surface area contributed by atoms with Crippen LogP contribution < -0.4 is 5.69 Å². The van der Waals surface area contributed by atoms with Crippen LogP contribution in [0.1, 0.15) is 26.7 Å². The normalized spacial score (nSPS) is 13.0. The summed E-state index contributed by atoms with van der Waals surface area (Å²) in [5.41, 5.74) is -0.176. The van der Waals surface area contributed by atoms with E-state index in [2.05, 4.69) is 10.2 Å². The minimum absolute atomic E-state index is 0.176. The fourth-order valence-electron chi connectivity index (χ4n) is 1.12. The van der Waals surface area contributed by atoms with Crippen molar-refractivity contribution in [3.8, 4) is 0 Å². The molecule has 6 heteroatoms. The van der Waals surface area contributed by atoms with Crippen LogP contribution in [0.15, 0.2) is 9.95 Å². The Labute approximate surface area is 92.9 Å². The molecule has 1 atom stereocenters. The topological polar surface area (TPSA) is 70.9 Å². The molecule has 15 heavy (non-hydrogen) atoms. The number of aromatic amines is 1. The third kappa shape index (κ3) is 3.39. The Hall–Kier alpha value is -0.750. The van der Waals surface area contributed by atoms with Crippen molar-refractivity contribution in [2.75, 3.05) is 5.75 Å². The molecule has 5 nitrogen and oxygen atoms in total. The van der Waals surface area contributed by atoms with Crippen LogP contribution in [0.5, 0.6) is 0 Å². The highest BCUT2D eigenvalue weighted by Gasteiger charge is 2.09. The first-order valence-electron chi connectivity index (χ1n) is 5.15. The van der Waals surface area contributed by atoms with E-state index in [0.29, 0.717) is 17.5 Å². The number of thioether (sulfide) groups is 1. The van der Waals surface area contributed by atoms with E-state index < -0.39 is 0 Å². The Morgan fingerprint density at radius 2 is 2.33 bits per heavy atom. The summed E-state index contributed by atoms with van der Waals surface area (Å²) in [6, 6.07) is 0. The number of rotatable bonds is 6. The molecule has 1 unspecified atom stereocenters. The molecule has 0 radical (unpaired) electrons. The van der Waals surface area contributed by atoms with Crippen LogP contribution in [0.2, 0.25) is 0 Å². The first-order valence-corrected chi connectivity index (χ1v) is 6.13. The zero-order valence-corrected chi connectivity index (χ0v) is 9.88. The van der Waals surface area contributed by atoms with E-state index in [1.807, 2.05) is 13.8 Å². The summed E-state index contributed by atoms with van der Waals surface area (Å²) in [7, 11) is 0. The molecule has 0 aromatic carbocycles. The predicted molar refractivity (Wildman–Crippen MR) is 60.2 cm³/mol. The maximum atomic E-state index is 11.3. The van der Waals surface area contributed by atoms with Crippen molar-refractivity contribution in [1.29, 1.82) is 0 Å². The van der Waals surface area contributed by atoms with Gasteiger partial charge in [0.1, 0.15) is 0 Å². The number of nitrogens with zero attached hydrogens (tertiary/aromatic N) is 2. The summed E-state index contributed by atoms with van der Waals surface area (Å²) in [5.74, 6) is 0.574. The van der Waals surface area contributed by atoms with Gasteiger partial charge in [-0.2, -0.15) is 0 Å². The van der Waals surface area contributed by atoms with Gasteiger partial charge in [0.05, 0.1) is 6.10 Å². The lowest BCUT2D eigenvalue weighted by Crippen LogP contribution is -2.18. The van der Waals surface area contributed by atoms with Crippen LogP contribution >= 0.6 is 11.8 Å². The van der Waals surface area contributed by atoms with Gasteiger partial charge < -0.3 is 5.11 Å². The molecule has 0 spiro atoms. The number of aromatic nitrogens is 3. The summed E-state index contributed by atoms with van der Waals surface area (Å²) in [4.78, 5) is 11.3. The number of H-pyrrole nitrogens is 1. The van der Waals surface area contributed by atoms with Gasteiger partial charge in [0.2, 0.25) is 0 Å². The molecule has 1 aromatic heterocycles. The number of aliphatic hydroxyl groups is 1. The van der Waals surface area contributed by atoms with Gasteiger partial charge >= 0.3 is 5.69 Å². The van der Waals surface area contributed by atoms with Crippen molar-refractivity contribution in [3.05, 3.63) is 10.5 Å². The largest absolute Gasteiger partial charge is 0.392 e. The van der Waals surface area contributed by atoms with Crippen molar-refractivity contribution in [2.24, 2.45) is 0 Å². The van der Waals surface area contributed by atoms with Crippen molar-refractivity contribution >= 4 is 11.8 Å². The first kappa shape index (κ1) is 12.3. The summed E-state index contributed by atoms with van der Waals surface area (Å²) in [5, 5.41) is 16.4. The van der Waals surface area contributed by atoms with Crippen molar-refractivity contribution in [3.63, 3.8) is 0 Å². The van der Waals surface area contributed by atoms with Crippen molar-refractivity contribution in [2.45, 2.75) is 44.5 Å². The number of aliphatic hydroxyl groups excluding tert-OH is 1. The Balaban J connectivity index is 2.64. The zero-order valence-electron chi connectivity index (χ0n) is 9.06. The molecule has 0 aliphatic carbocycles. The molecule has 2 N–H and O–H groups in total. The highest BCUT2D eigenvalue weighted by molar-refractivity contribution is 7.99. The first-order chi connectivity index (χ1) is 7.19. The van der Waals surface area contributed by atoms with Crippen LogP contribution in [-0.2, 0) is 6.54 Å². The van der Waals surface area contributed by atoms with Gasteiger partial charge in [-0.25, -0.2) is 9.89 Å². The molecule has 0 fully saturated rings. The second kappa shape index (κ2) is 5.97. The maximum Gasteiger partial charge on any atom is 0.343 e. The van der Waals surface area contributed by atoms with Crippen LogP contribution in [0, 0.1) is 0 Å². The molecule has 86 valence electrons. The molecule has 0 saturated carbocycles. The molecule has 0 aliphatic rings. The van der Waals surface area contributed by atoms with Gasteiger partial charge in [-0.3, -0.25) is 4.57 Å². The van der Waals surface area contributed by atoms with E-state index in [-0.39, 0.29) is 11.8 Å². The summed E-state index contributed by atoms with van der Waals surface area (Å²) in [6.45, 7) is 4.60. The lowest BCUT2D eigenvalue weighted by Gasteiger charge is -2.06. The van der Waals surface area contributed by atoms with Gasteiger partial charge in [-0.1, -0.05) is 25.6 Å². The van der Waals surface area contributed by atoms with E-state index in [0.717, 1.165) is 12.8 Å². The minimum atomic E-state index is -0.336. The smallest absolute Gasteiger partial charge is 0.343 e. The highest BCUT2D eigenvalue weighted by atomic mass is 32.2. The van der Waals surface area contributed by atoms with Crippen LogP contribution in [0.25, 0.3) is 0 Å². The van der Waals surface area contributed by atoms with Crippen LogP contribution in [0.4, 0.5) is 0 Å². The van der Waals surface area contributed by atoms with E-state index in [1.165, 1.54) is 11.8 Å². The second-order valence-corrected chi connectivity index (χ2v) is 4.32. The Morgan fingerprint density at radius 1 is 1.60 bits per heavy atom. The Kier molecular flexibility index (Phi) is 4.90. The van der Waals surface area contributed by atoms with Gasteiger partial charge in [0.25, 0.3) is 0 Å². The summed E-state index contributed by atoms with van der Waals surface area (Å²) in [6.07, 6.45) is 1.27. The lowest BCUT2D eigenvalue weighted by atomic mass is 10.3. The van der Waals surface area contributed by atoms with Crippen molar-refractivity contribution < 1.29 is 5.11 Å². The number of hydrogen-bond acceptors (Lipinski definition) is 4. The quantitative estimate of drug-likeness (QED) is 0.712. The Morgan fingerprint density at radius 3 is 2.93 bits per heavy atom. The molecule has 0 amide bonds. The third-order valence-electron chi connectivity index (χ3n) is 2.05. The highest BCUT2D eigenvalue weighted by Crippen LogP contribution is 2.15. The molecule has 1 aromatic rings. The average molecular weight is 231 g/mol. The Bertz CT molecular complexity index is 347. The van der Waals surface area contributed by atoms with E-state index in [9.17, 15) is 9.90 Å². The average Bonchev–Trinajstić information content (AvgIpc) is 2.58. The molecule has 1 heterocycles. The lowest BCUT2D eigenvalue weighted by molar-refractivity contribution is 0.195. The molecular weight excluding hydrogens is 214 g/mol. The SMILES string of the molecule is CCCn1c(SCC(O)CC)n[nH]c1=O. The fourth-order valence-corrected chi connectivity index (χ4v) is 2.14. The van der Waals surface area contributed by atoms with Gasteiger partial charge in [0, 0.05) is 12.3 Å². The fraction of sp³-hybridized carbons (Fsp3) is 0.778. The minimum Gasteiger partial charge on any atom is -0.392 e. The summed E-state index contributed by atoms with van der Waals surface area (Å²) < 4.78 is 1.60. The molecule has 0 bridgehead atoms. The van der Waals surface area contributed by atoms with Crippen molar-refractivity contribution in [1.82, 2.24) is 14.8 Å². The standard InChI is InChI=1S/C9H17N3O2S/c1-3-5-12-8(14)10-11-9(12)15-6-7(13)4-2/h7,13H,3-6H2,1-2H3,(H,10,14). The van der Waals surface area contributed by atoms with E-state index in [1.54, 1.807) is 4.57 Å². The van der Waals surface area contributed by atoms with Crippen LogP contribution in [-0.4, -0.2) is 31.7 Å². The number of hydrogen-bond donors (Lipinski definition) is 2. The number of nitrogens with one attached hydrogen (secondary N) is 1. The van der Waals surface area contributed by atoms with Gasteiger partial charge in [0.15, 0.2) is 5.16 Å².